The van der Waals surface area contributed by atoms with Crippen LogP contribution in [0.2, 0.25) is 0 Å². The fraction of sp³-hybridized carbons (Fsp3) is 0.565. The lowest BCUT2D eigenvalue weighted by atomic mass is 9.90. The maximum Gasteiger partial charge on any atom is 0.257 e. The average Bonchev–Trinajstić information content (AvgIpc) is 2.77. The number of nitrogens with one attached hydrogen (secondary N) is 1. The third-order valence-electron chi connectivity index (χ3n) is 6.08. The summed E-state index contributed by atoms with van der Waals surface area (Å²) < 4.78 is 16.6. The maximum atomic E-state index is 5.70. The molecule has 7 nitrogen and oxygen atoms in total. The summed E-state index contributed by atoms with van der Waals surface area (Å²) in [5, 5.41) is 3.58. The van der Waals surface area contributed by atoms with Crippen molar-refractivity contribution in [3.05, 3.63) is 35.7 Å². The van der Waals surface area contributed by atoms with Crippen LogP contribution in [0.4, 0.5) is 5.69 Å². The van der Waals surface area contributed by atoms with Crippen LogP contribution in [-0.4, -0.2) is 54.8 Å². The predicted molar refractivity (Wildman–Crippen MR) is 117 cm³/mol. The van der Waals surface area contributed by atoms with Crippen molar-refractivity contribution in [2.45, 2.75) is 39.2 Å². The Kier molecular flexibility index (Phi) is 5.99. The number of rotatable bonds is 6. The van der Waals surface area contributed by atoms with Gasteiger partial charge in [-0.05, 0) is 64.3 Å². The first-order valence-electron chi connectivity index (χ1n) is 10.7. The van der Waals surface area contributed by atoms with E-state index in [2.05, 4.69) is 41.2 Å². The van der Waals surface area contributed by atoms with Crippen LogP contribution in [0.15, 0.2) is 24.3 Å². The van der Waals surface area contributed by atoms with Gasteiger partial charge in [-0.15, -0.1) is 0 Å². The van der Waals surface area contributed by atoms with E-state index < -0.39 is 0 Å². The van der Waals surface area contributed by atoms with E-state index in [1.165, 1.54) is 12.8 Å². The molecule has 0 aromatic carbocycles. The summed E-state index contributed by atoms with van der Waals surface area (Å²) in [6, 6.07) is 8.07. The van der Waals surface area contributed by atoms with Crippen molar-refractivity contribution >= 4 is 5.69 Å². The van der Waals surface area contributed by atoms with Crippen LogP contribution < -0.4 is 19.5 Å². The minimum absolute atomic E-state index is 0.176. The lowest BCUT2D eigenvalue weighted by molar-refractivity contribution is 0.0639. The van der Waals surface area contributed by atoms with Crippen molar-refractivity contribution in [1.29, 1.82) is 0 Å². The van der Waals surface area contributed by atoms with E-state index in [4.69, 9.17) is 19.2 Å². The zero-order chi connectivity index (χ0) is 21.1. The van der Waals surface area contributed by atoms with Gasteiger partial charge in [-0.3, -0.25) is 4.90 Å². The molecule has 4 rings (SSSR count). The van der Waals surface area contributed by atoms with Crippen LogP contribution in [-0.2, 0) is 5.54 Å². The number of likely N-dealkylation sites (tertiary alicyclic amines) is 1. The Balaban J connectivity index is 1.42. The van der Waals surface area contributed by atoms with Gasteiger partial charge in [0.2, 0.25) is 5.88 Å². The Bertz CT molecular complexity index is 887. The van der Waals surface area contributed by atoms with Crippen LogP contribution in [0.3, 0.4) is 0 Å². The summed E-state index contributed by atoms with van der Waals surface area (Å²) in [6.45, 7) is 10.6. The number of hydrogen-bond acceptors (Lipinski definition) is 7. The number of ether oxygens (including phenoxy) is 3. The Morgan fingerprint density at radius 2 is 2.03 bits per heavy atom. The average molecular weight is 413 g/mol. The highest BCUT2D eigenvalue weighted by Crippen LogP contribution is 2.35. The number of methoxy groups -OCH3 is 1. The van der Waals surface area contributed by atoms with E-state index in [1.54, 1.807) is 7.11 Å². The van der Waals surface area contributed by atoms with Gasteiger partial charge in [0.05, 0.1) is 18.3 Å². The van der Waals surface area contributed by atoms with Crippen LogP contribution in [0, 0.1) is 12.8 Å². The van der Waals surface area contributed by atoms with Crippen LogP contribution in [0.25, 0.3) is 0 Å². The van der Waals surface area contributed by atoms with Crippen LogP contribution in [0.5, 0.6) is 17.5 Å². The van der Waals surface area contributed by atoms with E-state index in [1.807, 2.05) is 19.1 Å². The standard InChI is InChI=1S/C23H32N4O3/c1-16-12-18(13-21(25-16)28-4)24-14-17-6-5-9-27(15-17)23(2,3)20-8-7-19-22(26-20)30-11-10-29-19/h7-8,12-13,17H,5-6,9-11,14-15H2,1-4H3,(H,24,25)/t17-/m0/s1. The Morgan fingerprint density at radius 1 is 1.20 bits per heavy atom. The van der Waals surface area contributed by atoms with Crippen LogP contribution >= 0.6 is 0 Å². The van der Waals surface area contributed by atoms with Crippen molar-refractivity contribution < 1.29 is 14.2 Å². The molecule has 0 amide bonds. The van der Waals surface area contributed by atoms with Crippen molar-refractivity contribution in [2.75, 3.05) is 45.3 Å². The normalized spacial score (nSPS) is 19.4. The van der Waals surface area contributed by atoms with Crippen molar-refractivity contribution in [3.8, 4) is 17.5 Å². The first kappa shape index (κ1) is 20.7. The number of piperidine rings is 1. The van der Waals surface area contributed by atoms with Gasteiger partial charge in [-0.25, -0.2) is 9.97 Å². The van der Waals surface area contributed by atoms with Crippen molar-refractivity contribution in [2.24, 2.45) is 5.92 Å². The molecule has 0 saturated carbocycles. The monoisotopic (exact) mass is 412 g/mol. The molecule has 0 aliphatic carbocycles. The summed E-state index contributed by atoms with van der Waals surface area (Å²) >= 11 is 0. The molecule has 1 fully saturated rings. The smallest absolute Gasteiger partial charge is 0.257 e. The van der Waals surface area contributed by atoms with Gasteiger partial charge in [-0.2, -0.15) is 0 Å². The summed E-state index contributed by atoms with van der Waals surface area (Å²) in [4.78, 5) is 11.7. The van der Waals surface area contributed by atoms with Gasteiger partial charge in [0.25, 0.3) is 5.88 Å². The molecule has 1 saturated heterocycles. The lowest BCUT2D eigenvalue weighted by Gasteiger charge is -2.43. The summed E-state index contributed by atoms with van der Waals surface area (Å²) in [7, 11) is 1.65. The molecule has 0 radical (unpaired) electrons. The molecule has 0 bridgehead atoms. The first-order chi connectivity index (χ1) is 14.5. The fourth-order valence-electron chi connectivity index (χ4n) is 4.28. The van der Waals surface area contributed by atoms with Gasteiger partial charge < -0.3 is 19.5 Å². The van der Waals surface area contributed by atoms with Gasteiger partial charge in [0.15, 0.2) is 5.75 Å². The van der Waals surface area contributed by atoms with E-state index >= 15 is 0 Å². The highest BCUT2D eigenvalue weighted by Gasteiger charge is 2.34. The SMILES string of the molecule is COc1cc(NC[C@@H]2CCCN(C(C)(C)c3ccc4c(n3)OCCO4)C2)cc(C)n1. The number of aromatic nitrogens is 2. The zero-order valence-corrected chi connectivity index (χ0v) is 18.4. The molecule has 2 aromatic rings. The minimum atomic E-state index is -0.176. The molecule has 2 aliphatic heterocycles. The quantitative estimate of drug-likeness (QED) is 0.777. The van der Waals surface area contributed by atoms with Gasteiger partial charge in [0.1, 0.15) is 13.2 Å². The molecular formula is C23H32N4O3. The van der Waals surface area contributed by atoms with Crippen molar-refractivity contribution in [1.82, 2.24) is 14.9 Å². The number of fused-ring (bicyclic) bond motifs is 1. The lowest BCUT2D eigenvalue weighted by Crippen LogP contribution is -2.48. The van der Waals surface area contributed by atoms with Gasteiger partial charge >= 0.3 is 0 Å². The maximum absolute atomic E-state index is 5.70. The molecule has 2 aliphatic rings. The van der Waals surface area contributed by atoms with Crippen LogP contribution in [0.1, 0.15) is 38.1 Å². The summed E-state index contributed by atoms with van der Waals surface area (Å²) in [6.07, 6.45) is 2.40. The van der Waals surface area contributed by atoms with E-state index in [9.17, 15) is 0 Å². The number of anilines is 1. The molecule has 7 heteroatoms. The number of hydrogen-bond donors (Lipinski definition) is 1. The number of nitrogens with zero attached hydrogens (tertiary/aromatic N) is 3. The minimum Gasteiger partial charge on any atom is -0.484 e. The largest absolute Gasteiger partial charge is 0.484 e. The Morgan fingerprint density at radius 3 is 2.87 bits per heavy atom. The fourth-order valence-corrected chi connectivity index (χ4v) is 4.28. The summed E-state index contributed by atoms with van der Waals surface area (Å²) in [5.41, 5.74) is 2.86. The molecule has 0 spiro atoms. The van der Waals surface area contributed by atoms with Gasteiger partial charge in [0, 0.05) is 30.5 Å². The topological polar surface area (TPSA) is 68.7 Å². The number of aryl methyl sites for hydroxylation is 1. The Hall–Kier alpha value is -2.54. The van der Waals surface area contributed by atoms with Gasteiger partial charge in [-0.1, -0.05) is 0 Å². The van der Waals surface area contributed by atoms with E-state index in [0.717, 1.165) is 42.5 Å². The molecule has 1 atom stereocenters. The molecule has 0 unspecified atom stereocenters. The highest BCUT2D eigenvalue weighted by molar-refractivity contribution is 5.47. The van der Waals surface area contributed by atoms with Crippen molar-refractivity contribution in [3.63, 3.8) is 0 Å². The molecular weight excluding hydrogens is 380 g/mol. The third-order valence-corrected chi connectivity index (χ3v) is 6.08. The second-order valence-electron chi connectivity index (χ2n) is 8.63. The molecule has 2 aromatic heterocycles. The predicted octanol–water partition coefficient (Wildman–Crippen LogP) is 3.62. The first-order valence-corrected chi connectivity index (χ1v) is 10.7. The second kappa shape index (κ2) is 8.68. The molecule has 30 heavy (non-hydrogen) atoms. The number of pyridine rings is 2. The molecule has 4 heterocycles. The Labute approximate surface area is 178 Å². The second-order valence-corrected chi connectivity index (χ2v) is 8.63. The third kappa shape index (κ3) is 4.46. The van der Waals surface area contributed by atoms with E-state index in [-0.39, 0.29) is 5.54 Å². The summed E-state index contributed by atoms with van der Waals surface area (Å²) in [5.74, 6) is 2.57. The van der Waals surface area contributed by atoms with E-state index in [0.29, 0.717) is 30.9 Å². The highest BCUT2D eigenvalue weighted by atomic mass is 16.6. The zero-order valence-electron chi connectivity index (χ0n) is 18.4. The molecule has 1 N–H and O–H groups in total. The molecule has 162 valence electrons.